The van der Waals surface area contributed by atoms with Crippen molar-refractivity contribution in [2.24, 2.45) is 10.3 Å². The summed E-state index contributed by atoms with van der Waals surface area (Å²) in [7, 11) is -1.24. The van der Waals surface area contributed by atoms with E-state index in [1.54, 1.807) is 0 Å². The van der Waals surface area contributed by atoms with E-state index < -0.39 is 11.0 Å². The standard InChI is InChI=1S/C24H34N2OS/c1-6-20(2)23(17-25-28(27)24(3,4)5)26(18-21-13-9-7-10-14-21)19-22-15-11-8-12-16-22/h7-17,20,23H,6,18-19H2,1-5H3/b25-17+/t20?,23-,28-/m1/s1. The van der Waals surface area contributed by atoms with Gasteiger partial charge in [-0.3, -0.25) is 4.90 Å². The molecule has 0 aliphatic heterocycles. The summed E-state index contributed by atoms with van der Waals surface area (Å²) in [5, 5.41) is 0. The van der Waals surface area contributed by atoms with Crippen molar-refractivity contribution in [3.8, 4) is 0 Å². The summed E-state index contributed by atoms with van der Waals surface area (Å²) >= 11 is 0. The smallest absolute Gasteiger partial charge is 0.144 e. The van der Waals surface area contributed by atoms with Gasteiger partial charge < -0.3 is 0 Å². The lowest BCUT2D eigenvalue weighted by molar-refractivity contribution is 0.180. The molecule has 0 saturated heterocycles. The van der Waals surface area contributed by atoms with Crippen LogP contribution in [0.3, 0.4) is 0 Å². The lowest BCUT2D eigenvalue weighted by Crippen LogP contribution is -2.40. The molecule has 0 N–H and O–H groups in total. The molecule has 0 spiro atoms. The summed E-state index contributed by atoms with van der Waals surface area (Å²) in [6.45, 7) is 12.0. The summed E-state index contributed by atoms with van der Waals surface area (Å²) < 4.78 is 16.6. The molecule has 0 bridgehead atoms. The molecule has 0 aliphatic carbocycles. The van der Waals surface area contributed by atoms with E-state index in [2.05, 4.69) is 71.7 Å². The van der Waals surface area contributed by atoms with E-state index in [1.165, 1.54) is 11.1 Å². The summed E-state index contributed by atoms with van der Waals surface area (Å²) in [4.78, 5) is 2.45. The summed E-state index contributed by atoms with van der Waals surface area (Å²) in [6.07, 6.45) is 2.97. The number of benzene rings is 2. The zero-order valence-corrected chi connectivity index (χ0v) is 18.7. The van der Waals surface area contributed by atoms with Gasteiger partial charge in [-0.2, -0.15) is 4.40 Å². The Morgan fingerprint density at radius 3 is 1.82 bits per heavy atom. The van der Waals surface area contributed by atoms with Crippen molar-refractivity contribution < 1.29 is 4.21 Å². The Morgan fingerprint density at radius 1 is 0.964 bits per heavy atom. The second-order valence-electron chi connectivity index (χ2n) is 8.37. The maximum atomic E-state index is 12.5. The van der Waals surface area contributed by atoms with E-state index in [0.29, 0.717) is 5.92 Å². The first-order valence-corrected chi connectivity index (χ1v) is 11.2. The molecule has 0 heterocycles. The minimum Gasteiger partial charge on any atom is -0.287 e. The van der Waals surface area contributed by atoms with E-state index in [-0.39, 0.29) is 10.8 Å². The molecule has 3 atom stereocenters. The van der Waals surface area contributed by atoms with Crippen LogP contribution in [0.1, 0.15) is 52.2 Å². The molecule has 28 heavy (non-hydrogen) atoms. The molecule has 0 aliphatic rings. The van der Waals surface area contributed by atoms with E-state index in [9.17, 15) is 4.21 Å². The molecule has 1 unspecified atom stereocenters. The van der Waals surface area contributed by atoms with Crippen LogP contribution < -0.4 is 0 Å². The Bertz CT molecular complexity index is 712. The summed E-state index contributed by atoms with van der Waals surface area (Å²) in [5.74, 6) is 0.410. The van der Waals surface area contributed by atoms with Crippen LogP contribution in [0.5, 0.6) is 0 Å². The summed E-state index contributed by atoms with van der Waals surface area (Å²) in [6, 6.07) is 21.2. The van der Waals surface area contributed by atoms with Crippen LogP contribution in [0.4, 0.5) is 0 Å². The van der Waals surface area contributed by atoms with Crippen LogP contribution in [0, 0.1) is 5.92 Å². The molecule has 4 heteroatoms. The van der Waals surface area contributed by atoms with Gasteiger partial charge in [0.05, 0.1) is 4.75 Å². The van der Waals surface area contributed by atoms with Gasteiger partial charge in [-0.15, -0.1) is 0 Å². The molecular weight excluding hydrogens is 364 g/mol. The van der Waals surface area contributed by atoms with Crippen LogP contribution in [0.25, 0.3) is 0 Å². The first-order valence-electron chi connectivity index (χ1n) is 10.1. The fourth-order valence-electron chi connectivity index (χ4n) is 3.02. The van der Waals surface area contributed by atoms with Gasteiger partial charge in [-0.25, -0.2) is 4.21 Å². The van der Waals surface area contributed by atoms with Crippen LogP contribution >= 0.6 is 0 Å². The Balaban J connectivity index is 2.33. The van der Waals surface area contributed by atoms with Crippen molar-refractivity contribution >= 4 is 17.2 Å². The van der Waals surface area contributed by atoms with Crippen molar-refractivity contribution in [3.63, 3.8) is 0 Å². The predicted molar refractivity (Wildman–Crippen MR) is 122 cm³/mol. The zero-order chi connectivity index (χ0) is 20.6. The quantitative estimate of drug-likeness (QED) is 0.512. The Hall–Kier alpha value is -1.78. The van der Waals surface area contributed by atoms with Gasteiger partial charge in [0, 0.05) is 25.3 Å². The highest BCUT2D eigenvalue weighted by Crippen LogP contribution is 2.21. The monoisotopic (exact) mass is 398 g/mol. The van der Waals surface area contributed by atoms with Crippen molar-refractivity contribution in [1.82, 2.24) is 4.90 Å². The van der Waals surface area contributed by atoms with Crippen molar-refractivity contribution in [3.05, 3.63) is 71.8 Å². The van der Waals surface area contributed by atoms with Gasteiger partial charge in [-0.05, 0) is 37.8 Å². The van der Waals surface area contributed by atoms with E-state index in [0.717, 1.165) is 19.5 Å². The second-order valence-corrected chi connectivity index (χ2v) is 10.3. The molecule has 0 fully saturated rings. The van der Waals surface area contributed by atoms with E-state index in [1.807, 2.05) is 39.1 Å². The largest absolute Gasteiger partial charge is 0.287 e. The normalized spacial score (nSPS) is 15.6. The molecule has 2 aromatic rings. The topological polar surface area (TPSA) is 32.7 Å². The molecule has 0 radical (unpaired) electrons. The fraction of sp³-hybridized carbons (Fsp3) is 0.458. The number of hydrogen-bond donors (Lipinski definition) is 0. The first kappa shape index (κ1) is 22.5. The van der Waals surface area contributed by atoms with Crippen molar-refractivity contribution in [2.75, 3.05) is 0 Å². The van der Waals surface area contributed by atoms with Crippen LogP contribution in [-0.2, 0) is 24.1 Å². The lowest BCUT2D eigenvalue weighted by atomic mass is 9.97. The predicted octanol–water partition coefficient (Wildman–Crippen LogP) is 5.64. The van der Waals surface area contributed by atoms with Gasteiger partial charge in [0.2, 0.25) is 0 Å². The minimum absolute atomic E-state index is 0.122. The highest BCUT2D eigenvalue weighted by molar-refractivity contribution is 7.85. The fourth-order valence-corrected chi connectivity index (χ4v) is 3.57. The number of nitrogens with zero attached hydrogens (tertiary/aromatic N) is 2. The average Bonchev–Trinajstić information content (AvgIpc) is 2.68. The molecule has 2 aromatic carbocycles. The molecule has 2 rings (SSSR count). The van der Waals surface area contributed by atoms with Crippen molar-refractivity contribution in [2.45, 2.75) is 64.9 Å². The Morgan fingerprint density at radius 2 is 1.43 bits per heavy atom. The van der Waals surface area contributed by atoms with Gasteiger partial charge in [-0.1, -0.05) is 80.9 Å². The third kappa shape index (κ3) is 6.99. The molecule has 0 aromatic heterocycles. The SMILES string of the molecule is CCC(C)[C@@H](/C=N/[S@](=O)C(C)(C)C)N(Cc1ccccc1)Cc1ccccc1. The van der Waals surface area contributed by atoms with Crippen LogP contribution in [0.2, 0.25) is 0 Å². The van der Waals surface area contributed by atoms with E-state index >= 15 is 0 Å². The second kappa shape index (κ2) is 10.7. The summed E-state index contributed by atoms with van der Waals surface area (Å²) in [5.41, 5.74) is 2.55. The van der Waals surface area contributed by atoms with Crippen LogP contribution in [-0.4, -0.2) is 26.1 Å². The molecule has 0 saturated carbocycles. The zero-order valence-electron chi connectivity index (χ0n) is 17.8. The maximum Gasteiger partial charge on any atom is 0.144 e. The molecule has 3 nitrogen and oxygen atoms in total. The third-order valence-electron chi connectivity index (χ3n) is 4.94. The first-order chi connectivity index (χ1) is 13.3. The lowest BCUT2D eigenvalue weighted by Gasteiger charge is -2.33. The maximum absolute atomic E-state index is 12.5. The average molecular weight is 399 g/mol. The minimum atomic E-state index is -1.24. The number of hydrogen-bond acceptors (Lipinski definition) is 2. The molecule has 0 amide bonds. The number of rotatable bonds is 9. The Kier molecular flexibility index (Phi) is 8.58. The Labute approximate surface area is 173 Å². The van der Waals surface area contributed by atoms with Crippen LogP contribution in [0.15, 0.2) is 65.1 Å². The third-order valence-corrected chi connectivity index (χ3v) is 6.30. The van der Waals surface area contributed by atoms with Gasteiger partial charge in [0.1, 0.15) is 11.0 Å². The van der Waals surface area contributed by atoms with Crippen molar-refractivity contribution in [1.29, 1.82) is 0 Å². The van der Waals surface area contributed by atoms with Gasteiger partial charge >= 0.3 is 0 Å². The molecule has 152 valence electrons. The van der Waals surface area contributed by atoms with Gasteiger partial charge in [0.15, 0.2) is 0 Å². The highest BCUT2D eigenvalue weighted by atomic mass is 32.2. The van der Waals surface area contributed by atoms with Gasteiger partial charge in [0.25, 0.3) is 0 Å². The highest BCUT2D eigenvalue weighted by Gasteiger charge is 2.24. The molecular formula is C24H34N2OS. The van der Waals surface area contributed by atoms with E-state index in [4.69, 9.17) is 0 Å².